The van der Waals surface area contributed by atoms with Crippen molar-refractivity contribution in [1.82, 2.24) is 0 Å². The number of carboxylic acids is 2. The number of aryl methyl sites for hydroxylation is 2. The van der Waals surface area contributed by atoms with Crippen LogP contribution in [0.25, 0.3) is 32.7 Å². The van der Waals surface area contributed by atoms with E-state index in [2.05, 4.69) is 0 Å². The Bertz CT molecular complexity index is 1690. The van der Waals surface area contributed by atoms with Crippen LogP contribution in [0.3, 0.4) is 0 Å². The summed E-state index contributed by atoms with van der Waals surface area (Å²) < 4.78 is 5.22. The van der Waals surface area contributed by atoms with E-state index in [4.69, 9.17) is 4.74 Å². The van der Waals surface area contributed by atoms with Crippen LogP contribution in [0.5, 0.6) is 0 Å². The Hall–Kier alpha value is -5.04. The topological polar surface area (TPSA) is 118 Å². The molecule has 2 aliphatic rings. The number of carbonyl (C=O) groups is 4. The molecule has 4 aromatic carbocycles. The lowest BCUT2D eigenvalue weighted by Crippen LogP contribution is -2.24. The standard InChI is InChI=1S/C32H22O7/c33-29(34)27-23(15-13-19-11-9-17-5-1-3-7-21(17)25(19)27)31(37)39-32(38)24-16-14-20-12-10-18-6-2-4-8-22(18)26(20)28(24)30(35)36/h1-12H,13-16H2,(H,33,34)(H,35,36). The van der Waals surface area contributed by atoms with Gasteiger partial charge in [0.2, 0.25) is 0 Å². The number of fused-ring (bicyclic) bond motifs is 6. The van der Waals surface area contributed by atoms with Crippen LogP contribution >= 0.6 is 0 Å². The molecule has 4 aromatic rings. The fourth-order valence-electron chi connectivity index (χ4n) is 5.80. The van der Waals surface area contributed by atoms with Crippen molar-refractivity contribution in [2.45, 2.75) is 25.7 Å². The average molecular weight is 519 g/mol. The molecule has 0 bridgehead atoms. The summed E-state index contributed by atoms with van der Waals surface area (Å²) >= 11 is 0. The Morgan fingerprint density at radius 1 is 0.538 bits per heavy atom. The molecular formula is C32H22O7. The van der Waals surface area contributed by atoms with Crippen LogP contribution in [0.1, 0.15) is 35.1 Å². The SMILES string of the molecule is O=C(O)C1=C(C(=O)OC(=O)C2=C(C(=O)O)c3c(ccc4ccccc34)CC2)CCc2ccc3ccccc3c21. The van der Waals surface area contributed by atoms with Crippen LogP contribution in [-0.2, 0) is 36.8 Å². The number of carboxylic acid groups (broad SMARTS) is 2. The summed E-state index contributed by atoms with van der Waals surface area (Å²) in [6.45, 7) is 0. The molecule has 0 amide bonds. The highest BCUT2D eigenvalue weighted by Crippen LogP contribution is 2.39. The quantitative estimate of drug-likeness (QED) is 0.277. The first-order valence-corrected chi connectivity index (χ1v) is 12.6. The molecule has 192 valence electrons. The van der Waals surface area contributed by atoms with Crippen LogP contribution < -0.4 is 0 Å². The van der Waals surface area contributed by atoms with E-state index in [1.807, 2.05) is 48.5 Å². The van der Waals surface area contributed by atoms with Gasteiger partial charge in [0, 0.05) is 11.1 Å². The predicted molar refractivity (Wildman–Crippen MR) is 145 cm³/mol. The second-order valence-corrected chi connectivity index (χ2v) is 9.64. The zero-order valence-corrected chi connectivity index (χ0v) is 20.7. The van der Waals surface area contributed by atoms with Crippen LogP contribution in [0.4, 0.5) is 0 Å². The first-order chi connectivity index (χ1) is 18.8. The minimum atomic E-state index is -1.30. The maximum Gasteiger partial charge on any atom is 0.342 e. The van der Waals surface area contributed by atoms with Gasteiger partial charge in [0.05, 0.1) is 22.3 Å². The van der Waals surface area contributed by atoms with Gasteiger partial charge < -0.3 is 14.9 Å². The minimum absolute atomic E-state index is 0.0807. The lowest BCUT2D eigenvalue weighted by molar-refractivity contribution is -0.154. The minimum Gasteiger partial charge on any atom is -0.478 e. The van der Waals surface area contributed by atoms with Crippen LogP contribution in [0.15, 0.2) is 83.9 Å². The lowest BCUT2D eigenvalue weighted by atomic mass is 9.82. The maximum absolute atomic E-state index is 13.3. The summed E-state index contributed by atoms with van der Waals surface area (Å²) in [4.78, 5) is 51.5. The molecule has 0 fully saturated rings. The Labute approximate surface area is 222 Å². The van der Waals surface area contributed by atoms with Gasteiger partial charge in [0.15, 0.2) is 0 Å². The first-order valence-electron chi connectivity index (χ1n) is 12.6. The summed E-state index contributed by atoms with van der Waals surface area (Å²) in [5.41, 5.74) is 1.85. The number of esters is 2. The van der Waals surface area contributed by atoms with E-state index < -0.39 is 23.9 Å². The normalized spacial score (nSPS) is 14.7. The fraction of sp³-hybridized carbons (Fsp3) is 0.125. The van der Waals surface area contributed by atoms with Crippen LogP contribution in [0, 0.1) is 0 Å². The first kappa shape index (κ1) is 24.3. The highest BCUT2D eigenvalue weighted by Gasteiger charge is 2.34. The molecule has 7 nitrogen and oxygen atoms in total. The molecule has 0 aromatic heterocycles. The molecule has 0 heterocycles. The summed E-state index contributed by atoms with van der Waals surface area (Å²) in [6, 6.07) is 22.1. The van der Waals surface area contributed by atoms with E-state index in [1.165, 1.54) is 0 Å². The van der Waals surface area contributed by atoms with Crippen molar-refractivity contribution in [2.24, 2.45) is 0 Å². The smallest absolute Gasteiger partial charge is 0.342 e. The van der Waals surface area contributed by atoms with Gasteiger partial charge in [-0.2, -0.15) is 0 Å². The fourth-order valence-corrected chi connectivity index (χ4v) is 5.80. The van der Waals surface area contributed by atoms with E-state index in [0.29, 0.717) is 34.7 Å². The Morgan fingerprint density at radius 2 is 0.949 bits per heavy atom. The van der Waals surface area contributed by atoms with E-state index in [-0.39, 0.29) is 35.1 Å². The number of hydrogen-bond donors (Lipinski definition) is 2. The number of aliphatic carboxylic acids is 2. The van der Waals surface area contributed by atoms with Crippen molar-refractivity contribution in [3.8, 4) is 0 Å². The lowest BCUT2D eigenvalue weighted by Gasteiger charge is -2.23. The molecule has 0 radical (unpaired) electrons. The summed E-state index contributed by atoms with van der Waals surface area (Å²) in [7, 11) is 0. The number of ether oxygens (including phenoxy) is 1. The van der Waals surface area contributed by atoms with Gasteiger partial charge in [-0.3, -0.25) is 0 Å². The monoisotopic (exact) mass is 518 g/mol. The molecule has 0 aliphatic heterocycles. The van der Waals surface area contributed by atoms with Gasteiger partial charge in [-0.05, 0) is 58.4 Å². The van der Waals surface area contributed by atoms with Crippen molar-refractivity contribution in [3.05, 3.63) is 106 Å². The van der Waals surface area contributed by atoms with Crippen molar-refractivity contribution in [3.63, 3.8) is 0 Å². The van der Waals surface area contributed by atoms with Crippen molar-refractivity contribution >= 4 is 56.6 Å². The van der Waals surface area contributed by atoms with Gasteiger partial charge in [0.1, 0.15) is 0 Å². The third-order valence-corrected chi connectivity index (χ3v) is 7.53. The third kappa shape index (κ3) is 3.99. The Kier molecular flexibility index (Phi) is 5.84. The molecule has 2 aliphatic carbocycles. The number of hydrogen-bond acceptors (Lipinski definition) is 5. The molecule has 6 rings (SSSR count). The zero-order valence-electron chi connectivity index (χ0n) is 20.7. The predicted octanol–water partition coefficient (Wildman–Crippen LogP) is 5.33. The Balaban J connectivity index is 1.43. The van der Waals surface area contributed by atoms with Crippen LogP contribution in [-0.4, -0.2) is 34.1 Å². The molecule has 7 heteroatoms. The third-order valence-electron chi connectivity index (χ3n) is 7.53. The van der Waals surface area contributed by atoms with Gasteiger partial charge in [0.25, 0.3) is 0 Å². The second-order valence-electron chi connectivity index (χ2n) is 9.64. The summed E-state index contributed by atoms with van der Waals surface area (Å²) in [5, 5.41) is 23.3. The average Bonchev–Trinajstić information content (AvgIpc) is 2.95. The Morgan fingerprint density at radius 3 is 1.36 bits per heavy atom. The summed E-state index contributed by atoms with van der Waals surface area (Å²) in [6.07, 6.45) is 0.963. The largest absolute Gasteiger partial charge is 0.478 e. The van der Waals surface area contributed by atoms with Crippen molar-refractivity contribution in [2.75, 3.05) is 0 Å². The number of rotatable bonds is 4. The second kappa shape index (κ2) is 9.36. The van der Waals surface area contributed by atoms with Gasteiger partial charge in [-0.25, -0.2) is 19.2 Å². The molecule has 0 saturated carbocycles. The number of benzene rings is 4. The maximum atomic E-state index is 13.3. The van der Waals surface area contributed by atoms with Gasteiger partial charge in [-0.1, -0.05) is 72.8 Å². The highest BCUT2D eigenvalue weighted by atomic mass is 16.6. The molecule has 2 N–H and O–H groups in total. The van der Waals surface area contributed by atoms with Crippen LogP contribution in [0.2, 0.25) is 0 Å². The van der Waals surface area contributed by atoms with Crippen molar-refractivity contribution in [1.29, 1.82) is 0 Å². The van der Waals surface area contributed by atoms with E-state index in [0.717, 1.165) is 21.9 Å². The van der Waals surface area contributed by atoms with Gasteiger partial charge in [-0.15, -0.1) is 0 Å². The van der Waals surface area contributed by atoms with E-state index in [9.17, 15) is 29.4 Å². The molecule has 0 spiro atoms. The highest BCUT2D eigenvalue weighted by molar-refractivity contribution is 6.29. The molecule has 0 atom stereocenters. The number of carbonyl (C=O) groups excluding carboxylic acids is 2. The van der Waals surface area contributed by atoms with E-state index >= 15 is 0 Å². The molecular weight excluding hydrogens is 496 g/mol. The van der Waals surface area contributed by atoms with Crippen molar-refractivity contribution < 1.29 is 34.1 Å². The molecule has 39 heavy (non-hydrogen) atoms. The van der Waals surface area contributed by atoms with E-state index in [1.54, 1.807) is 24.3 Å². The molecule has 0 saturated heterocycles. The molecule has 0 unspecified atom stereocenters. The van der Waals surface area contributed by atoms with Gasteiger partial charge >= 0.3 is 23.9 Å². The summed E-state index contributed by atoms with van der Waals surface area (Å²) in [5.74, 6) is -4.74. The zero-order chi connectivity index (χ0) is 27.3.